The highest BCUT2D eigenvalue weighted by molar-refractivity contribution is 5.82. The summed E-state index contributed by atoms with van der Waals surface area (Å²) in [6.07, 6.45) is 3.09. The molecule has 0 radical (unpaired) electrons. The number of aromatic nitrogens is 4. The van der Waals surface area contributed by atoms with E-state index in [0.29, 0.717) is 22.4 Å². The second-order valence-electron chi connectivity index (χ2n) is 7.81. The molecule has 0 saturated carbocycles. The minimum atomic E-state index is -0.410. The summed E-state index contributed by atoms with van der Waals surface area (Å²) in [5, 5.41) is 9.34. The molecule has 0 amide bonds. The van der Waals surface area contributed by atoms with Crippen LogP contribution < -0.4 is 10.5 Å². The third-order valence-electron chi connectivity index (χ3n) is 5.90. The Hall–Kier alpha value is -3.10. The van der Waals surface area contributed by atoms with Crippen LogP contribution in [0.2, 0.25) is 0 Å². The van der Waals surface area contributed by atoms with Crippen molar-refractivity contribution in [3.8, 4) is 17.3 Å². The van der Waals surface area contributed by atoms with Crippen LogP contribution in [0.3, 0.4) is 0 Å². The number of nitrogens with zero attached hydrogens (tertiary/aromatic N) is 5. The molecule has 0 spiro atoms. The largest absolute Gasteiger partial charge is 0.494 e. The molecule has 2 N–H and O–H groups in total. The molecule has 1 aliphatic heterocycles. The van der Waals surface area contributed by atoms with Crippen LogP contribution in [-0.4, -0.2) is 50.7 Å². The van der Waals surface area contributed by atoms with Crippen LogP contribution in [0.1, 0.15) is 24.9 Å². The summed E-state index contributed by atoms with van der Waals surface area (Å²) in [5.74, 6) is 0.397. The summed E-state index contributed by atoms with van der Waals surface area (Å²) in [7, 11) is 1.44. The van der Waals surface area contributed by atoms with Crippen molar-refractivity contribution in [2.75, 3.05) is 20.2 Å². The summed E-state index contributed by atoms with van der Waals surface area (Å²) >= 11 is 0. The standard InChI is InChI=1S/C22H23FN6O/c1-13(28-8-7-16(24)12-28)15-4-6-21-26-27-22(29(21)11-15)18-5-3-14-9-17(23)20(30-2)10-19(14)25-18/h3-6,9-11,13,16H,7-8,12,24H2,1-2H3/t13-,16+/m1/s1. The fourth-order valence-corrected chi connectivity index (χ4v) is 4.11. The number of pyridine rings is 2. The van der Waals surface area contributed by atoms with Crippen molar-refractivity contribution in [2.45, 2.75) is 25.4 Å². The maximum atomic E-state index is 14.0. The van der Waals surface area contributed by atoms with Crippen molar-refractivity contribution in [3.63, 3.8) is 0 Å². The van der Waals surface area contributed by atoms with Gasteiger partial charge in [-0.05, 0) is 37.1 Å². The van der Waals surface area contributed by atoms with E-state index in [1.54, 1.807) is 6.07 Å². The molecular weight excluding hydrogens is 383 g/mol. The number of rotatable bonds is 4. The highest BCUT2D eigenvalue weighted by Crippen LogP contribution is 2.28. The summed E-state index contributed by atoms with van der Waals surface area (Å²) in [4.78, 5) is 7.08. The molecule has 0 aliphatic carbocycles. The van der Waals surface area contributed by atoms with Gasteiger partial charge in [0.25, 0.3) is 0 Å². The van der Waals surface area contributed by atoms with Crippen LogP contribution in [0.15, 0.2) is 42.6 Å². The number of hydrogen-bond donors (Lipinski definition) is 1. The molecule has 2 atom stereocenters. The van der Waals surface area contributed by atoms with Gasteiger partial charge >= 0.3 is 0 Å². The van der Waals surface area contributed by atoms with Crippen molar-refractivity contribution in [1.29, 1.82) is 0 Å². The Balaban J connectivity index is 1.56. The number of ether oxygens (including phenoxy) is 1. The van der Waals surface area contributed by atoms with Gasteiger partial charge in [-0.3, -0.25) is 9.30 Å². The van der Waals surface area contributed by atoms with E-state index in [4.69, 9.17) is 10.5 Å². The van der Waals surface area contributed by atoms with E-state index in [9.17, 15) is 4.39 Å². The average Bonchev–Trinajstić information content (AvgIpc) is 3.38. The van der Waals surface area contributed by atoms with Gasteiger partial charge in [-0.25, -0.2) is 9.37 Å². The maximum absolute atomic E-state index is 14.0. The maximum Gasteiger partial charge on any atom is 0.187 e. The van der Waals surface area contributed by atoms with Gasteiger partial charge in [0.2, 0.25) is 0 Å². The van der Waals surface area contributed by atoms with Crippen LogP contribution in [-0.2, 0) is 0 Å². The van der Waals surface area contributed by atoms with Crippen LogP contribution in [0.5, 0.6) is 5.75 Å². The second kappa shape index (κ2) is 7.30. The smallest absolute Gasteiger partial charge is 0.187 e. The number of nitrogens with two attached hydrogens (primary N) is 1. The number of likely N-dealkylation sites (tertiary alicyclic amines) is 1. The molecule has 0 bridgehead atoms. The molecule has 1 aliphatic rings. The third-order valence-corrected chi connectivity index (χ3v) is 5.90. The Morgan fingerprint density at radius 2 is 2.07 bits per heavy atom. The van der Waals surface area contributed by atoms with E-state index >= 15 is 0 Å². The molecule has 5 rings (SSSR count). The van der Waals surface area contributed by atoms with Gasteiger partial charge in [-0.15, -0.1) is 10.2 Å². The predicted octanol–water partition coefficient (Wildman–Crippen LogP) is 3.19. The van der Waals surface area contributed by atoms with E-state index < -0.39 is 5.82 Å². The molecule has 4 aromatic rings. The lowest BCUT2D eigenvalue weighted by atomic mass is 10.1. The normalized spacial score (nSPS) is 18.3. The Kier molecular flexibility index (Phi) is 4.60. The number of hydrogen-bond acceptors (Lipinski definition) is 6. The molecule has 1 fully saturated rings. The Morgan fingerprint density at radius 1 is 1.20 bits per heavy atom. The Bertz CT molecular complexity index is 1240. The van der Waals surface area contributed by atoms with E-state index in [0.717, 1.165) is 25.2 Å². The Labute approximate surface area is 173 Å². The number of methoxy groups -OCH3 is 1. The fourth-order valence-electron chi connectivity index (χ4n) is 4.11. The summed E-state index contributed by atoms with van der Waals surface area (Å²) in [6, 6.07) is 11.2. The lowest BCUT2D eigenvalue weighted by Gasteiger charge is -2.24. The van der Waals surface area contributed by atoms with Gasteiger partial charge in [-0.1, -0.05) is 12.1 Å². The van der Waals surface area contributed by atoms with Crippen molar-refractivity contribution in [2.24, 2.45) is 5.73 Å². The zero-order valence-corrected chi connectivity index (χ0v) is 16.9. The quantitative estimate of drug-likeness (QED) is 0.561. The predicted molar refractivity (Wildman–Crippen MR) is 113 cm³/mol. The molecule has 30 heavy (non-hydrogen) atoms. The van der Waals surface area contributed by atoms with Crippen molar-refractivity contribution in [3.05, 3.63) is 54.0 Å². The topological polar surface area (TPSA) is 81.6 Å². The summed E-state index contributed by atoms with van der Waals surface area (Å²) < 4.78 is 21.0. The van der Waals surface area contributed by atoms with Crippen LogP contribution >= 0.6 is 0 Å². The zero-order valence-electron chi connectivity index (χ0n) is 16.9. The van der Waals surface area contributed by atoms with Gasteiger partial charge in [0, 0.05) is 42.8 Å². The van der Waals surface area contributed by atoms with Crippen LogP contribution in [0.4, 0.5) is 4.39 Å². The molecule has 4 heterocycles. The minimum Gasteiger partial charge on any atom is -0.494 e. The Morgan fingerprint density at radius 3 is 2.83 bits per heavy atom. The number of halogens is 1. The van der Waals surface area contributed by atoms with E-state index in [-0.39, 0.29) is 17.8 Å². The van der Waals surface area contributed by atoms with Gasteiger partial charge in [-0.2, -0.15) is 0 Å². The van der Waals surface area contributed by atoms with E-state index in [1.807, 2.05) is 22.6 Å². The first-order valence-corrected chi connectivity index (χ1v) is 10.0. The monoisotopic (exact) mass is 406 g/mol. The molecule has 1 saturated heterocycles. The minimum absolute atomic E-state index is 0.165. The second-order valence-corrected chi connectivity index (χ2v) is 7.81. The van der Waals surface area contributed by atoms with E-state index in [1.165, 1.54) is 18.7 Å². The lowest BCUT2D eigenvalue weighted by molar-refractivity contribution is 0.259. The van der Waals surface area contributed by atoms with Crippen molar-refractivity contribution >= 4 is 16.6 Å². The SMILES string of the molecule is COc1cc2nc(-c3nnc4ccc([C@@H](C)N5CC[C@H](N)C5)cn34)ccc2cc1F. The first-order chi connectivity index (χ1) is 14.5. The molecule has 7 nitrogen and oxygen atoms in total. The first-order valence-electron chi connectivity index (χ1n) is 10.0. The number of fused-ring (bicyclic) bond motifs is 2. The molecule has 154 valence electrons. The van der Waals surface area contributed by atoms with Crippen LogP contribution in [0.25, 0.3) is 28.1 Å². The summed E-state index contributed by atoms with van der Waals surface area (Å²) in [5.41, 5.74) is 9.30. The van der Waals surface area contributed by atoms with Crippen molar-refractivity contribution in [1.82, 2.24) is 24.5 Å². The van der Waals surface area contributed by atoms with Crippen LogP contribution in [0, 0.1) is 5.82 Å². The van der Waals surface area contributed by atoms with Crippen molar-refractivity contribution < 1.29 is 9.13 Å². The average molecular weight is 406 g/mol. The van der Waals surface area contributed by atoms with Gasteiger partial charge < -0.3 is 10.5 Å². The number of benzene rings is 1. The fraction of sp³-hybridized carbons (Fsp3) is 0.318. The van der Waals surface area contributed by atoms with E-state index in [2.05, 4.69) is 39.3 Å². The zero-order chi connectivity index (χ0) is 20.8. The van der Waals surface area contributed by atoms with Gasteiger partial charge in [0.15, 0.2) is 23.0 Å². The highest BCUT2D eigenvalue weighted by atomic mass is 19.1. The first kappa shape index (κ1) is 18.9. The highest BCUT2D eigenvalue weighted by Gasteiger charge is 2.25. The molecule has 3 aromatic heterocycles. The summed E-state index contributed by atoms with van der Waals surface area (Å²) in [6.45, 7) is 4.09. The molecule has 1 aromatic carbocycles. The van der Waals surface area contributed by atoms with Gasteiger partial charge in [0.05, 0.1) is 12.6 Å². The third kappa shape index (κ3) is 3.18. The molecule has 8 heteroatoms. The van der Waals surface area contributed by atoms with Gasteiger partial charge in [0.1, 0.15) is 5.69 Å². The lowest BCUT2D eigenvalue weighted by Crippen LogP contribution is -2.28. The molecule has 0 unspecified atom stereocenters. The molecular formula is C22H23FN6O.